The second-order valence-electron chi connectivity index (χ2n) is 5.76. The molecule has 6 nitrogen and oxygen atoms in total. The van der Waals surface area contributed by atoms with E-state index < -0.39 is 22.5 Å². The lowest BCUT2D eigenvalue weighted by atomic mass is 10.1. The Labute approximate surface area is 157 Å². The molecule has 0 fully saturated rings. The predicted molar refractivity (Wildman–Crippen MR) is 100 cm³/mol. The van der Waals surface area contributed by atoms with Crippen LogP contribution in [0.25, 0.3) is 10.8 Å². The lowest BCUT2D eigenvalue weighted by molar-refractivity contribution is -0.143. The average Bonchev–Trinajstić information content (AvgIpc) is 2.70. The molecule has 0 radical (unpaired) electrons. The first-order chi connectivity index (χ1) is 13.0. The SMILES string of the molecule is N#Cc1ccc(S(=O)(=O)NCC(=O)OCc2cccc3ccccc23)cc1. The van der Waals surface area contributed by atoms with Gasteiger partial charge >= 0.3 is 5.97 Å². The first kappa shape index (κ1) is 18.6. The minimum absolute atomic E-state index is 0.0247. The van der Waals surface area contributed by atoms with Gasteiger partial charge in [-0.1, -0.05) is 42.5 Å². The minimum Gasteiger partial charge on any atom is -0.460 e. The number of nitrogens with zero attached hydrogens (tertiary/aromatic N) is 1. The van der Waals surface area contributed by atoms with Gasteiger partial charge in [-0.15, -0.1) is 0 Å². The molecule has 3 aromatic rings. The highest BCUT2D eigenvalue weighted by atomic mass is 32.2. The van der Waals surface area contributed by atoms with Gasteiger partial charge in [-0.3, -0.25) is 4.79 Å². The van der Waals surface area contributed by atoms with Crippen LogP contribution in [0.5, 0.6) is 0 Å². The summed E-state index contributed by atoms with van der Waals surface area (Å²) in [6.07, 6.45) is 0. The van der Waals surface area contributed by atoms with Crippen molar-refractivity contribution in [1.82, 2.24) is 4.72 Å². The summed E-state index contributed by atoms with van der Waals surface area (Å²) in [4.78, 5) is 11.9. The van der Waals surface area contributed by atoms with Gasteiger partial charge in [0, 0.05) is 0 Å². The molecule has 27 heavy (non-hydrogen) atoms. The Balaban J connectivity index is 1.60. The maximum Gasteiger partial charge on any atom is 0.321 e. The number of hydrogen-bond acceptors (Lipinski definition) is 5. The zero-order valence-electron chi connectivity index (χ0n) is 14.3. The molecule has 7 heteroatoms. The maximum absolute atomic E-state index is 12.2. The van der Waals surface area contributed by atoms with Crippen molar-refractivity contribution in [1.29, 1.82) is 5.26 Å². The topological polar surface area (TPSA) is 96.3 Å². The van der Waals surface area contributed by atoms with Crippen LogP contribution in [0, 0.1) is 11.3 Å². The Morgan fingerprint density at radius 1 is 1.00 bits per heavy atom. The van der Waals surface area contributed by atoms with E-state index in [1.807, 2.05) is 48.5 Å². The number of nitrogens with one attached hydrogen (secondary N) is 1. The summed E-state index contributed by atoms with van der Waals surface area (Å²) in [5.41, 5.74) is 1.19. The lowest BCUT2D eigenvalue weighted by Crippen LogP contribution is -2.30. The van der Waals surface area contributed by atoms with Crippen molar-refractivity contribution in [2.75, 3.05) is 6.54 Å². The number of rotatable bonds is 6. The summed E-state index contributed by atoms with van der Waals surface area (Å²) >= 11 is 0. The van der Waals surface area contributed by atoms with Gasteiger partial charge in [0.2, 0.25) is 10.0 Å². The highest BCUT2D eigenvalue weighted by molar-refractivity contribution is 7.89. The molecule has 0 aliphatic rings. The zero-order valence-corrected chi connectivity index (χ0v) is 15.1. The molecular weight excluding hydrogens is 364 g/mol. The summed E-state index contributed by atoms with van der Waals surface area (Å²) in [6.45, 7) is -0.425. The predicted octanol–water partition coefficient (Wildman–Crippen LogP) is 2.73. The maximum atomic E-state index is 12.2. The smallest absolute Gasteiger partial charge is 0.321 e. The van der Waals surface area contributed by atoms with Gasteiger partial charge in [0.05, 0.1) is 16.5 Å². The quantitative estimate of drug-likeness (QED) is 0.663. The molecule has 0 amide bonds. The first-order valence-corrected chi connectivity index (χ1v) is 9.60. The standard InChI is InChI=1S/C20H16N2O4S/c21-12-15-8-10-18(11-9-15)27(24,25)22-13-20(23)26-14-17-6-3-5-16-4-1-2-7-19(16)17/h1-11,22H,13-14H2. The van der Waals surface area contributed by atoms with E-state index in [2.05, 4.69) is 4.72 Å². The summed E-state index contributed by atoms with van der Waals surface area (Å²) in [5, 5.41) is 10.8. The van der Waals surface area contributed by atoms with Gasteiger partial charge in [0.25, 0.3) is 0 Å². The molecular formula is C20H16N2O4S. The van der Waals surface area contributed by atoms with Crippen molar-refractivity contribution < 1.29 is 17.9 Å². The Hall–Kier alpha value is -3.21. The van der Waals surface area contributed by atoms with Gasteiger partial charge in [-0.05, 0) is 40.6 Å². The number of nitriles is 1. The molecule has 0 aliphatic carbocycles. The molecule has 0 aromatic heterocycles. The van der Waals surface area contributed by atoms with Crippen LogP contribution in [0.1, 0.15) is 11.1 Å². The second kappa shape index (κ2) is 7.99. The van der Waals surface area contributed by atoms with E-state index in [-0.39, 0.29) is 11.5 Å². The van der Waals surface area contributed by atoms with Gasteiger partial charge in [0.15, 0.2) is 0 Å². The number of carbonyl (C=O) groups excluding carboxylic acids is 1. The minimum atomic E-state index is -3.86. The van der Waals surface area contributed by atoms with E-state index in [0.29, 0.717) is 5.56 Å². The number of benzene rings is 3. The number of ether oxygens (including phenoxy) is 1. The molecule has 3 aromatic carbocycles. The van der Waals surface area contributed by atoms with Crippen LogP contribution >= 0.6 is 0 Å². The van der Waals surface area contributed by atoms with Crippen LogP contribution in [0.2, 0.25) is 0 Å². The highest BCUT2D eigenvalue weighted by Crippen LogP contribution is 2.19. The normalized spacial score (nSPS) is 11.1. The van der Waals surface area contributed by atoms with Crippen LogP contribution in [-0.2, 0) is 26.2 Å². The van der Waals surface area contributed by atoms with Gasteiger partial charge in [0.1, 0.15) is 13.2 Å². The summed E-state index contributed by atoms with van der Waals surface area (Å²) < 4.78 is 31.8. The average molecular weight is 380 g/mol. The molecule has 1 N–H and O–H groups in total. The van der Waals surface area contributed by atoms with E-state index in [4.69, 9.17) is 10.00 Å². The summed E-state index contributed by atoms with van der Waals surface area (Å²) in [5.74, 6) is -0.680. The van der Waals surface area contributed by atoms with Crippen molar-refractivity contribution >= 4 is 26.8 Å². The van der Waals surface area contributed by atoms with Crippen LogP contribution in [0.15, 0.2) is 71.6 Å². The number of sulfonamides is 1. The first-order valence-electron chi connectivity index (χ1n) is 8.12. The number of hydrogen-bond donors (Lipinski definition) is 1. The monoisotopic (exact) mass is 380 g/mol. The van der Waals surface area contributed by atoms with Crippen LogP contribution < -0.4 is 4.72 Å². The Kier molecular flexibility index (Phi) is 5.50. The fraction of sp³-hybridized carbons (Fsp3) is 0.100. The highest BCUT2D eigenvalue weighted by Gasteiger charge is 2.16. The van der Waals surface area contributed by atoms with Crippen molar-refractivity contribution in [2.45, 2.75) is 11.5 Å². The van der Waals surface area contributed by atoms with Crippen molar-refractivity contribution in [3.63, 3.8) is 0 Å². The van der Waals surface area contributed by atoms with E-state index in [1.165, 1.54) is 24.3 Å². The molecule has 0 unspecified atom stereocenters. The Morgan fingerprint density at radius 3 is 2.44 bits per heavy atom. The van der Waals surface area contributed by atoms with E-state index in [1.54, 1.807) is 0 Å². The molecule has 0 saturated heterocycles. The van der Waals surface area contributed by atoms with Crippen molar-refractivity contribution in [2.24, 2.45) is 0 Å². The Morgan fingerprint density at radius 2 is 1.70 bits per heavy atom. The Bertz CT molecular complexity index is 1110. The second-order valence-corrected chi connectivity index (χ2v) is 7.53. The van der Waals surface area contributed by atoms with Crippen molar-refractivity contribution in [3.05, 3.63) is 77.9 Å². The van der Waals surface area contributed by atoms with Crippen LogP contribution in [0.4, 0.5) is 0 Å². The molecule has 0 atom stereocenters. The van der Waals surface area contributed by atoms with Gasteiger partial charge in [-0.25, -0.2) is 8.42 Å². The van der Waals surface area contributed by atoms with Crippen LogP contribution in [-0.4, -0.2) is 20.9 Å². The fourth-order valence-corrected chi connectivity index (χ4v) is 3.54. The molecule has 0 spiro atoms. The van der Waals surface area contributed by atoms with E-state index >= 15 is 0 Å². The molecule has 3 rings (SSSR count). The molecule has 0 saturated carbocycles. The largest absolute Gasteiger partial charge is 0.460 e. The number of carbonyl (C=O) groups is 1. The van der Waals surface area contributed by atoms with E-state index in [9.17, 15) is 13.2 Å². The van der Waals surface area contributed by atoms with Gasteiger partial charge in [-0.2, -0.15) is 9.98 Å². The van der Waals surface area contributed by atoms with Crippen molar-refractivity contribution in [3.8, 4) is 6.07 Å². The molecule has 0 bridgehead atoms. The number of fused-ring (bicyclic) bond motifs is 1. The summed E-state index contributed by atoms with van der Waals surface area (Å²) in [6, 6.07) is 20.7. The number of esters is 1. The van der Waals surface area contributed by atoms with Crippen LogP contribution in [0.3, 0.4) is 0 Å². The molecule has 0 aliphatic heterocycles. The zero-order chi connectivity index (χ0) is 19.3. The fourth-order valence-electron chi connectivity index (χ4n) is 2.57. The third-order valence-corrected chi connectivity index (χ3v) is 5.39. The summed E-state index contributed by atoms with van der Waals surface area (Å²) in [7, 11) is -3.86. The third kappa shape index (κ3) is 4.50. The lowest BCUT2D eigenvalue weighted by Gasteiger charge is -2.09. The van der Waals surface area contributed by atoms with Gasteiger partial charge < -0.3 is 4.74 Å². The molecule has 0 heterocycles. The third-order valence-electron chi connectivity index (χ3n) is 3.97. The van der Waals surface area contributed by atoms with E-state index in [0.717, 1.165) is 16.3 Å². The molecule has 136 valence electrons.